The van der Waals surface area contributed by atoms with Crippen molar-refractivity contribution in [3.05, 3.63) is 78.1 Å². The van der Waals surface area contributed by atoms with Crippen molar-refractivity contribution >= 4 is 27.5 Å². The Hall–Kier alpha value is -3.40. The molecule has 2 aliphatic carbocycles. The molecule has 1 aliphatic heterocycles. The first-order valence-electron chi connectivity index (χ1n) is 10.5. The largest absolute Gasteiger partial charge is 0.504 e. The van der Waals surface area contributed by atoms with E-state index in [1.807, 2.05) is 0 Å². The zero-order valence-corrected chi connectivity index (χ0v) is 19.5. The van der Waals surface area contributed by atoms with Crippen LogP contribution in [-0.4, -0.2) is 37.2 Å². The monoisotopic (exact) mass is 513 g/mol. The van der Waals surface area contributed by atoms with E-state index in [1.165, 1.54) is 22.5 Å². The van der Waals surface area contributed by atoms with E-state index in [1.54, 1.807) is 31.2 Å². The first-order valence-corrected chi connectivity index (χ1v) is 11.3. The maximum absolute atomic E-state index is 13.2. The summed E-state index contributed by atoms with van der Waals surface area (Å²) in [4.78, 5) is 51.7. The Morgan fingerprint density at radius 2 is 1.94 bits per heavy atom. The lowest BCUT2D eigenvalue weighted by atomic mass is 9.68. The van der Waals surface area contributed by atoms with Gasteiger partial charge >= 0.3 is 11.4 Å². The predicted octanol–water partition coefficient (Wildman–Crippen LogP) is 1.85. The molecule has 10 heteroatoms. The van der Waals surface area contributed by atoms with Gasteiger partial charge in [-0.1, -0.05) is 18.2 Å². The third-order valence-corrected chi connectivity index (χ3v) is 7.02. The zero-order chi connectivity index (χ0) is 23.6. The third kappa shape index (κ3) is 2.97. The van der Waals surface area contributed by atoms with Crippen molar-refractivity contribution in [3.63, 3.8) is 0 Å². The summed E-state index contributed by atoms with van der Waals surface area (Å²) >= 11 is 3.17. The summed E-state index contributed by atoms with van der Waals surface area (Å²) in [6.07, 6.45) is 3.13. The zero-order valence-electron chi connectivity index (χ0n) is 17.9. The molecule has 0 saturated carbocycles. The van der Waals surface area contributed by atoms with Crippen molar-refractivity contribution in [2.75, 3.05) is 6.61 Å². The van der Waals surface area contributed by atoms with Gasteiger partial charge in [-0.25, -0.2) is 23.5 Å². The van der Waals surface area contributed by atoms with Crippen LogP contribution in [0.3, 0.4) is 0 Å². The van der Waals surface area contributed by atoms with Gasteiger partial charge in [-0.05, 0) is 34.5 Å². The molecule has 3 aliphatic rings. The number of carbonyl (C=O) groups is 2. The molecule has 2 heterocycles. The Morgan fingerprint density at radius 3 is 2.67 bits per heavy atom. The highest BCUT2D eigenvalue weighted by atomic mass is 79.9. The second-order valence-electron chi connectivity index (χ2n) is 8.11. The van der Waals surface area contributed by atoms with E-state index in [2.05, 4.69) is 15.9 Å². The molecule has 1 N–H and O–H groups in total. The molecule has 1 aromatic heterocycles. The number of hydrogen-bond acceptors (Lipinski definition) is 6. The van der Waals surface area contributed by atoms with Gasteiger partial charge < -0.3 is 9.84 Å². The molecule has 33 heavy (non-hydrogen) atoms. The van der Waals surface area contributed by atoms with Crippen molar-refractivity contribution < 1.29 is 19.4 Å². The molecule has 0 bridgehead atoms. The number of carbonyl (C=O) groups excluding carboxylic acids is 2. The first-order chi connectivity index (χ1) is 15.8. The van der Waals surface area contributed by atoms with Crippen LogP contribution in [0, 0.1) is 0 Å². The Morgan fingerprint density at radius 1 is 1.18 bits per heavy atom. The minimum Gasteiger partial charge on any atom is -0.504 e. The Labute approximate surface area is 196 Å². The van der Waals surface area contributed by atoms with E-state index in [4.69, 9.17) is 4.74 Å². The number of ketones is 2. The Bertz CT molecular complexity index is 1450. The van der Waals surface area contributed by atoms with E-state index in [0.717, 1.165) is 4.57 Å². The van der Waals surface area contributed by atoms with Crippen LogP contribution in [0.4, 0.5) is 0 Å². The molecule has 0 amide bonds. The highest BCUT2D eigenvalue weighted by molar-refractivity contribution is 9.12. The molecule has 2 aromatic rings. The van der Waals surface area contributed by atoms with Crippen LogP contribution >= 0.6 is 15.9 Å². The summed E-state index contributed by atoms with van der Waals surface area (Å²) in [7, 11) is 1.40. The highest BCUT2D eigenvalue weighted by Gasteiger charge is 2.45. The van der Waals surface area contributed by atoms with Crippen LogP contribution in [0.2, 0.25) is 0 Å². The Kier molecular flexibility index (Phi) is 4.93. The fourth-order valence-corrected chi connectivity index (χ4v) is 5.43. The number of phenolic OH excluding ortho intramolecular Hbond substituents is 1. The number of ether oxygens (including phenoxy) is 1. The molecule has 170 valence electrons. The maximum Gasteiger partial charge on any atom is 0.347 e. The lowest BCUT2D eigenvalue weighted by Gasteiger charge is -2.39. The number of allylic oxidation sites excluding steroid dienone is 6. The number of halogens is 1. The fourth-order valence-electron chi connectivity index (χ4n) is 4.99. The van der Waals surface area contributed by atoms with Crippen LogP contribution in [0.15, 0.2) is 61.1 Å². The molecule has 1 aromatic carbocycles. The standard InChI is InChI=1S/C23H20BrN3O6/c1-3-33-17-6-4-5-12(21(17)30)18-11-7-8-26-22(31)25(2)23(32)27(26)15(11)9-13-19(18)16(28)10-14(24)20(13)29/h4-7,10,15,18,30H,3,8-9H2,1-2H3/t15-,18-/m1/s1. The van der Waals surface area contributed by atoms with Gasteiger partial charge in [0.1, 0.15) is 0 Å². The van der Waals surface area contributed by atoms with Gasteiger partial charge in [0, 0.05) is 42.2 Å². The average Bonchev–Trinajstić information content (AvgIpc) is 3.02. The second-order valence-corrected chi connectivity index (χ2v) is 8.97. The van der Waals surface area contributed by atoms with Crippen LogP contribution in [-0.2, 0) is 23.2 Å². The van der Waals surface area contributed by atoms with Gasteiger partial charge in [0.05, 0.1) is 23.7 Å². The highest BCUT2D eigenvalue weighted by Crippen LogP contribution is 2.52. The number of hydrogen-bond donors (Lipinski definition) is 1. The van der Waals surface area contributed by atoms with E-state index in [9.17, 15) is 24.3 Å². The minimum absolute atomic E-state index is 0.0838. The molecule has 0 spiro atoms. The number of rotatable bonds is 3. The molecule has 0 fully saturated rings. The molecular formula is C23H20BrN3O6. The van der Waals surface area contributed by atoms with Crippen LogP contribution in [0.5, 0.6) is 11.5 Å². The second kappa shape index (κ2) is 7.58. The van der Waals surface area contributed by atoms with Crippen molar-refractivity contribution in [2.45, 2.75) is 31.8 Å². The summed E-state index contributed by atoms with van der Waals surface area (Å²) in [5, 5.41) is 11.0. The SMILES string of the molecule is CCOc1cccc([C@H]2C3=CCn4c(=O)n(C)c(=O)n4[C@@H]3CC3=C2C(=O)C=C(Br)C3=O)c1O. The number of para-hydroxylation sites is 1. The van der Waals surface area contributed by atoms with Crippen molar-refractivity contribution in [2.24, 2.45) is 7.05 Å². The van der Waals surface area contributed by atoms with Gasteiger partial charge in [0.25, 0.3) is 0 Å². The maximum atomic E-state index is 13.2. The summed E-state index contributed by atoms with van der Waals surface area (Å²) in [6.45, 7) is 2.26. The molecule has 9 nitrogen and oxygen atoms in total. The van der Waals surface area contributed by atoms with Crippen LogP contribution in [0.25, 0.3) is 0 Å². The van der Waals surface area contributed by atoms with Crippen molar-refractivity contribution in [1.82, 2.24) is 13.9 Å². The number of Topliss-reactive ketones (excluding diaryl/α,β-unsaturated/α-hetero) is 1. The number of aromatic nitrogens is 3. The van der Waals surface area contributed by atoms with E-state index in [-0.39, 0.29) is 51.7 Å². The molecule has 5 rings (SSSR count). The topological polar surface area (TPSA) is 113 Å². The quantitative estimate of drug-likeness (QED) is 0.495. The average molecular weight is 514 g/mol. The van der Waals surface area contributed by atoms with Crippen molar-refractivity contribution in [3.8, 4) is 11.5 Å². The van der Waals surface area contributed by atoms with E-state index < -0.39 is 23.3 Å². The number of benzene rings is 1. The van der Waals surface area contributed by atoms with Crippen LogP contribution < -0.4 is 16.1 Å². The summed E-state index contributed by atoms with van der Waals surface area (Å²) < 4.78 is 9.37. The fraction of sp³-hybridized carbons (Fsp3) is 0.304. The summed E-state index contributed by atoms with van der Waals surface area (Å²) in [6, 6.07) is 4.35. The number of phenols is 1. The first kappa shape index (κ1) is 21.4. The molecular weight excluding hydrogens is 494 g/mol. The molecule has 0 unspecified atom stereocenters. The normalized spacial score (nSPS) is 21.8. The van der Waals surface area contributed by atoms with Gasteiger partial charge in [-0.15, -0.1) is 0 Å². The Balaban J connectivity index is 1.79. The lowest BCUT2D eigenvalue weighted by Crippen LogP contribution is -2.40. The van der Waals surface area contributed by atoms with Gasteiger partial charge in [0.2, 0.25) is 0 Å². The number of nitrogens with zero attached hydrogens (tertiary/aromatic N) is 3. The van der Waals surface area contributed by atoms with Gasteiger partial charge in [-0.2, -0.15) is 0 Å². The third-order valence-electron chi connectivity index (χ3n) is 6.43. The number of aromatic hydroxyl groups is 1. The van der Waals surface area contributed by atoms with Gasteiger partial charge in [0.15, 0.2) is 23.1 Å². The van der Waals surface area contributed by atoms with E-state index in [0.29, 0.717) is 17.7 Å². The minimum atomic E-state index is -0.775. The van der Waals surface area contributed by atoms with Gasteiger partial charge in [-0.3, -0.25) is 9.59 Å². The smallest absolute Gasteiger partial charge is 0.347 e. The van der Waals surface area contributed by atoms with Crippen LogP contribution in [0.1, 0.15) is 30.9 Å². The molecule has 0 radical (unpaired) electrons. The predicted molar refractivity (Wildman–Crippen MR) is 122 cm³/mol. The summed E-state index contributed by atoms with van der Waals surface area (Å²) in [5.74, 6) is -1.34. The molecule has 2 atom stereocenters. The number of fused-ring (bicyclic) bond motifs is 3. The molecule has 0 saturated heterocycles. The van der Waals surface area contributed by atoms with Crippen molar-refractivity contribution in [1.29, 1.82) is 0 Å². The summed E-state index contributed by atoms with van der Waals surface area (Å²) in [5.41, 5.74) is 0.651. The van der Waals surface area contributed by atoms with E-state index >= 15 is 0 Å². The lowest BCUT2D eigenvalue weighted by molar-refractivity contribution is -0.115.